The van der Waals surface area contributed by atoms with E-state index in [2.05, 4.69) is 31.4 Å². The Labute approximate surface area is 108 Å². The lowest BCUT2D eigenvalue weighted by atomic mass is 10.1. The van der Waals surface area contributed by atoms with Gasteiger partial charge in [-0.05, 0) is 23.8 Å². The van der Waals surface area contributed by atoms with Crippen molar-refractivity contribution in [2.45, 2.75) is 11.9 Å². The summed E-state index contributed by atoms with van der Waals surface area (Å²) in [5.41, 5.74) is 2.69. The number of alkyl halides is 1. The molecule has 1 heterocycles. The summed E-state index contributed by atoms with van der Waals surface area (Å²) in [4.78, 5) is 11.8. The van der Waals surface area contributed by atoms with Gasteiger partial charge >= 0.3 is 0 Å². The number of carbonyl (C=O) groups is 1. The van der Waals surface area contributed by atoms with Gasteiger partial charge in [0, 0.05) is 17.1 Å². The van der Waals surface area contributed by atoms with Crippen LogP contribution in [-0.4, -0.2) is 16.1 Å². The lowest BCUT2D eigenvalue weighted by Gasteiger charge is -2.04. The zero-order valence-corrected chi connectivity index (χ0v) is 10.7. The average molecular weight is 294 g/mol. The maximum absolute atomic E-state index is 11.8. The van der Waals surface area contributed by atoms with Gasteiger partial charge in [0.2, 0.25) is 0 Å². The number of nitrogens with one attached hydrogen (secondary N) is 2. The molecule has 1 aromatic carbocycles. The molecule has 0 radical (unpaired) electrons. The van der Waals surface area contributed by atoms with Crippen LogP contribution in [0.25, 0.3) is 0 Å². The van der Waals surface area contributed by atoms with Crippen LogP contribution in [0.2, 0.25) is 0 Å². The van der Waals surface area contributed by atoms with E-state index in [0.29, 0.717) is 12.1 Å². The van der Waals surface area contributed by atoms with Crippen LogP contribution in [0, 0.1) is 0 Å². The number of benzene rings is 1. The van der Waals surface area contributed by atoms with Crippen molar-refractivity contribution < 1.29 is 4.79 Å². The first kappa shape index (κ1) is 11.9. The Balaban J connectivity index is 1.95. The first-order valence-electron chi connectivity index (χ1n) is 5.21. The highest BCUT2D eigenvalue weighted by Gasteiger charge is 2.05. The molecule has 2 aromatic rings. The molecule has 88 valence electrons. The molecular weight excluding hydrogens is 282 g/mol. The Bertz CT molecular complexity index is 479. The van der Waals surface area contributed by atoms with Gasteiger partial charge in [-0.15, -0.1) is 0 Å². The van der Waals surface area contributed by atoms with E-state index < -0.39 is 0 Å². The van der Waals surface area contributed by atoms with E-state index in [1.54, 1.807) is 6.20 Å². The summed E-state index contributed by atoms with van der Waals surface area (Å²) in [6, 6.07) is 9.33. The van der Waals surface area contributed by atoms with Crippen LogP contribution in [0.15, 0.2) is 36.5 Å². The Kier molecular flexibility index (Phi) is 3.93. The van der Waals surface area contributed by atoms with Crippen molar-refractivity contribution >= 4 is 21.8 Å². The molecule has 1 aromatic heterocycles. The van der Waals surface area contributed by atoms with Crippen LogP contribution in [0.4, 0.5) is 0 Å². The summed E-state index contributed by atoms with van der Waals surface area (Å²) in [5.74, 6) is -0.0827. The van der Waals surface area contributed by atoms with E-state index in [9.17, 15) is 4.79 Å². The molecule has 4 nitrogen and oxygen atoms in total. The number of rotatable bonds is 4. The molecular formula is C12H12BrN3O. The molecule has 0 aliphatic carbocycles. The smallest absolute Gasteiger partial charge is 0.251 e. The molecule has 0 aliphatic heterocycles. The van der Waals surface area contributed by atoms with Gasteiger partial charge in [0.1, 0.15) is 0 Å². The van der Waals surface area contributed by atoms with Gasteiger partial charge in [-0.2, -0.15) is 5.10 Å². The first-order chi connectivity index (χ1) is 8.29. The van der Waals surface area contributed by atoms with Crippen LogP contribution in [0.5, 0.6) is 0 Å². The van der Waals surface area contributed by atoms with Crippen LogP contribution >= 0.6 is 15.9 Å². The van der Waals surface area contributed by atoms with Crippen LogP contribution in [0.3, 0.4) is 0 Å². The van der Waals surface area contributed by atoms with Crippen LogP contribution in [-0.2, 0) is 11.9 Å². The second-order valence-electron chi connectivity index (χ2n) is 3.60. The van der Waals surface area contributed by atoms with Gasteiger partial charge < -0.3 is 5.32 Å². The number of nitrogens with zero attached hydrogens (tertiary/aromatic N) is 1. The summed E-state index contributed by atoms with van der Waals surface area (Å²) in [7, 11) is 0. The third-order valence-electron chi connectivity index (χ3n) is 2.37. The zero-order valence-electron chi connectivity index (χ0n) is 9.11. The fourth-order valence-corrected chi connectivity index (χ4v) is 1.78. The van der Waals surface area contributed by atoms with E-state index in [1.807, 2.05) is 30.3 Å². The van der Waals surface area contributed by atoms with E-state index >= 15 is 0 Å². The molecule has 0 saturated heterocycles. The molecule has 0 spiro atoms. The van der Waals surface area contributed by atoms with Crippen molar-refractivity contribution in [3.8, 4) is 0 Å². The second-order valence-corrected chi connectivity index (χ2v) is 4.16. The molecule has 2 rings (SSSR count). The number of amides is 1. The van der Waals surface area contributed by atoms with Gasteiger partial charge in [0.25, 0.3) is 5.91 Å². The largest absolute Gasteiger partial charge is 0.346 e. The predicted octanol–water partition coefficient (Wildman–Crippen LogP) is 2.23. The summed E-state index contributed by atoms with van der Waals surface area (Å²) in [6.07, 6.45) is 1.66. The fraction of sp³-hybridized carbons (Fsp3) is 0.167. The van der Waals surface area contributed by atoms with Gasteiger partial charge in [-0.3, -0.25) is 9.89 Å². The Morgan fingerprint density at radius 3 is 2.65 bits per heavy atom. The summed E-state index contributed by atoms with van der Waals surface area (Å²) < 4.78 is 0. The quantitative estimate of drug-likeness (QED) is 0.850. The maximum atomic E-state index is 11.8. The first-order valence-corrected chi connectivity index (χ1v) is 6.33. The van der Waals surface area contributed by atoms with E-state index in [4.69, 9.17) is 0 Å². The number of carbonyl (C=O) groups excluding carboxylic acids is 1. The number of halogens is 1. The highest BCUT2D eigenvalue weighted by atomic mass is 79.9. The summed E-state index contributed by atoms with van der Waals surface area (Å²) in [5, 5.41) is 10.2. The Hall–Kier alpha value is -1.62. The van der Waals surface area contributed by atoms with Crippen molar-refractivity contribution in [1.82, 2.24) is 15.5 Å². The van der Waals surface area contributed by atoms with Crippen LogP contribution in [0.1, 0.15) is 21.6 Å². The van der Waals surface area contributed by atoms with Gasteiger partial charge in [0.05, 0.1) is 12.2 Å². The van der Waals surface area contributed by atoms with Gasteiger partial charge in [-0.25, -0.2) is 0 Å². The molecule has 0 bridgehead atoms. The Morgan fingerprint density at radius 1 is 1.29 bits per heavy atom. The fourth-order valence-electron chi connectivity index (χ4n) is 1.41. The molecule has 1 amide bonds. The molecule has 0 aliphatic rings. The minimum Gasteiger partial charge on any atom is -0.346 e. The van der Waals surface area contributed by atoms with E-state index in [0.717, 1.165) is 16.6 Å². The standard InChI is InChI=1S/C12H12BrN3O/c13-7-9-1-3-10(4-2-9)12(17)14-8-11-5-6-15-16-11/h1-6H,7-8H2,(H,14,17)(H,15,16). The second kappa shape index (κ2) is 5.63. The molecule has 5 heteroatoms. The maximum Gasteiger partial charge on any atom is 0.251 e. The van der Waals surface area contributed by atoms with Crippen molar-refractivity contribution in [3.05, 3.63) is 53.3 Å². The van der Waals surface area contributed by atoms with E-state index in [-0.39, 0.29) is 5.91 Å². The van der Waals surface area contributed by atoms with Crippen molar-refractivity contribution in [1.29, 1.82) is 0 Å². The summed E-state index contributed by atoms with van der Waals surface area (Å²) >= 11 is 3.36. The van der Waals surface area contributed by atoms with Crippen molar-refractivity contribution in [2.75, 3.05) is 0 Å². The average Bonchev–Trinajstić information content (AvgIpc) is 2.89. The van der Waals surface area contributed by atoms with Crippen molar-refractivity contribution in [3.63, 3.8) is 0 Å². The van der Waals surface area contributed by atoms with E-state index in [1.165, 1.54) is 0 Å². The molecule has 2 N–H and O–H groups in total. The topological polar surface area (TPSA) is 57.8 Å². The Morgan fingerprint density at radius 2 is 2.06 bits per heavy atom. The van der Waals surface area contributed by atoms with Gasteiger partial charge in [0.15, 0.2) is 0 Å². The molecule has 0 fully saturated rings. The predicted molar refractivity (Wildman–Crippen MR) is 68.8 cm³/mol. The monoisotopic (exact) mass is 293 g/mol. The zero-order chi connectivity index (χ0) is 12.1. The third-order valence-corrected chi connectivity index (χ3v) is 3.02. The lowest BCUT2D eigenvalue weighted by Crippen LogP contribution is -2.22. The SMILES string of the molecule is O=C(NCc1ccn[nH]1)c1ccc(CBr)cc1. The minimum atomic E-state index is -0.0827. The molecule has 17 heavy (non-hydrogen) atoms. The normalized spacial score (nSPS) is 10.2. The lowest BCUT2D eigenvalue weighted by molar-refractivity contribution is 0.0950. The molecule has 0 saturated carbocycles. The number of aromatic amines is 1. The van der Waals surface area contributed by atoms with Crippen LogP contribution < -0.4 is 5.32 Å². The van der Waals surface area contributed by atoms with Crippen molar-refractivity contribution in [2.24, 2.45) is 0 Å². The molecule has 0 unspecified atom stereocenters. The highest BCUT2D eigenvalue weighted by Crippen LogP contribution is 2.08. The third kappa shape index (κ3) is 3.17. The van der Waals surface area contributed by atoms with Gasteiger partial charge in [-0.1, -0.05) is 28.1 Å². The summed E-state index contributed by atoms with van der Waals surface area (Å²) in [6.45, 7) is 0.457. The number of H-pyrrole nitrogens is 1. The highest BCUT2D eigenvalue weighted by molar-refractivity contribution is 9.08. The minimum absolute atomic E-state index is 0.0827. The number of aromatic nitrogens is 2. The molecule has 0 atom stereocenters. The number of hydrogen-bond acceptors (Lipinski definition) is 2. The number of hydrogen-bond donors (Lipinski definition) is 2.